The first-order valence-electron chi connectivity index (χ1n) is 9.56. The van der Waals surface area contributed by atoms with E-state index in [9.17, 15) is 0 Å². The largest absolute Gasteiger partial charge is 0.357 e. The zero-order valence-corrected chi connectivity index (χ0v) is 16.9. The number of thiophene rings is 1. The Bertz CT molecular complexity index is 712. The SMILES string of the molecule is CCNC(=NCc1nnc(C)n1C)NCC1(c2cccs2)CCCCC1. The van der Waals surface area contributed by atoms with Crippen LogP contribution in [0.25, 0.3) is 0 Å². The zero-order chi connectivity index (χ0) is 18.4. The van der Waals surface area contributed by atoms with E-state index >= 15 is 0 Å². The van der Waals surface area contributed by atoms with Crippen molar-refractivity contribution in [2.24, 2.45) is 12.0 Å². The van der Waals surface area contributed by atoms with Crippen molar-refractivity contribution in [3.63, 3.8) is 0 Å². The van der Waals surface area contributed by atoms with Crippen molar-refractivity contribution in [1.82, 2.24) is 25.4 Å². The molecule has 0 saturated heterocycles. The first-order chi connectivity index (χ1) is 12.6. The van der Waals surface area contributed by atoms with Gasteiger partial charge in [-0.1, -0.05) is 25.3 Å². The molecule has 142 valence electrons. The molecule has 0 aromatic carbocycles. The smallest absolute Gasteiger partial charge is 0.191 e. The standard InChI is InChI=1S/C19H30N6S/c1-4-20-18(21-13-17-24-23-15(2)25(17)3)22-14-19(10-6-5-7-11-19)16-9-8-12-26-16/h8-9,12H,4-7,10-11,13-14H2,1-3H3,(H2,20,21,22). The average molecular weight is 375 g/mol. The Morgan fingerprint density at radius 2 is 2.08 bits per heavy atom. The van der Waals surface area contributed by atoms with Gasteiger partial charge in [0.2, 0.25) is 0 Å². The number of hydrogen-bond donors (Lipinski definition) is 2. The summed E-state index contributed by atoms with van der Waals surface area (Å²) in [6, 6.07) is 4.47. The van der Waals surface area contributed by atoms with Crippen molar-refractivity contribution in [2.45, 2.75) is 57.9 Å². The predicted molar refractivity (Wildman–Crippen MR) is 108 cm³/mol. The molecule has 26 heavy (non-hydrogen) atoms. The Morgan fingerprint density at radius 3 is 2.69 bits per heavy atom. The van der Waals surface area contributed by atoms with E-state index in [2.05, 4.69) is 45.3 Å². The third-order valence-corrected chi connectivity index (χ3v) is 6.47. The van der Waals surface area contributed by atoms with Crippen LogP contribution in [0, 0.1) is 6.92 Å². The molecule has 0 spiro atoms. The highest BCUT2D eigenvalue weighted by molar-refractivity contribution is 7.10. The van der Waals surface area contributed by atoms with Crippen LogP contribution in [0.3, 0.4) is 0 Å². The van der Waals surface area contributed by atoms with Crippen LogP contribution >= 0.6 is 11.3 Å². The molecule has 1 aliphatic rings. The lowest BCUT2D eigenvalue weighted by Gasteiger charge is -2.37. The van der Waals surface area contributed by atoms with Crippen LogP contribution < -0.4 is 10.6 Å². The van der Waals surface area contributed by atoms with E-state index < -0.39 is 0 Å². The summed E-state index contributed by atoms with van der Waals surface area (Å²) < 4.78 is 1.99. The molecule has 0 radical (unpaired) electrons. The molecular weight excluding hydrogens is 344 g/mol. The topological polar surface area (TPSA) is 67.1 Å². The Morgan fingerprint density at radius 1 is 1.27 bits per heavy atom. The minimum atomic E-state index is 0.240. The maximum atomic E-state index is 4.73. The zero-order valence-electron chi connectivity index (χ0n) is 16.1. The molecule has 0 atom stereocenters. The van der Waals surface area contributed by atoms with Gasteiger partial charge in [-0.2, -0.15) is 0 Å². The van der Waals surface area contributed by atoms with Crippen molar-refractivity contribution >= 4 is 17.3 Å². The molecule has 2 aromatic heterocycles. The van der Waals surface area contributed by atoms with Crippen LogP contribution in [-0.4, -0.2) is 33.8 Å². The van der Waals surface area contributed by atoms with Crippen LogP contribution in [0.2, 0.25) is 0 Å². The van der Waals surface area contributed by atoms with Crippen LogP contribution in [0.5, 0.6) is 0 Å². The third-order valence-electron chi connectivity index (χ3n) is 5.35. The molecule has 7 heteroatoms. The molecule has 1 saturated carbocycles. The summed E-state index contributed by atoms with van der Waals surface area (Å²) in [4.78, 5) is 6.23. The van der Waals surface area contributed by atoms with E-state index in [0.29, 0.717) is 6.54 Å². The van der Waals surface area contributed by atoms with Crippen molar-refractivity contribution in [1.29, 1.82) is 0 Å². The summed E-state index contributed by atoms with van der Waals surface area (Å²) in [6.07, 6.45) is 6.48. The summed E-state index contributed by atoms with van der Waals surface area (Å²) >= 11 is 1.89. The van der Waals surface area contributed by atoms with Crippen molar-refractivity contribution in [3.8, 4) is 0 Å². The molecular formula is C19H30N6S. The monoisotopic (exact) mass is 374 g/mol. The lowest BCUT2D eigenvalue weighted by Crippen LogP contribution is -2.46. The van der Waals surface area contributed by atoms with Gasteiger partial charge in [-0.05, 0) is 38.1 Å². The minimum absolute atomic E-state index is 0.240. The number of aromatic nitrogens is 3. The van der Waals surface area contributed by atoms with Crippen molar-refractivity contribution in [3.05, 3.63) is 34.0 Å². The average Bonchev–Trinajstić information content (AvgIpc) is 3.31. The molecule has 0 bridgehead atoms. The molecule has 2 aromatic rings. The van der Waals surface area contributed by atoms with Crippen LogP contribution in [0.15, 0.2) is 22.5 Å². The quantitative estimate of drug-likeness (QED) is 0.602. The summed E-state index contributed by atoms with van der Waals surface area (Å²) in [7, 11) is 1.98. The van der Waals surface area contributed by atoms with Crippen LogP contribution in [0.1, 0.15) is 55.6 Å². The highest BCUT2D eigenvalue weighted by atomic mass is 32.1. The summed E-state index contributed by atoms with van der Waals surface area (Å²) in [5, 5.41) is 17.5. The highest BCUT2D eigenvalue weighted by Gasteiger charge is 2.34. The fourth-order valence-corrected chi connectivity index (χ4v) is 4.64. The number of aliphatic imine (C=N–C) groups is 1. The normalized spacial score (nSPS) is 17.3. The van der Waals surface area contributed by atoms with Gasteiger partial charge < -0.3 is 15.2 Å². The number of nitrogens with zero attached hydrogens (tertiary/aromatic N) is 4. The molecule has 1 aliphatic carbocycles. The molecule has 1 fully saturated rings. The van der Waals surface area contributed by atoms with E-state index in [1.165, 1.54) is 37.0 Å². The molecule has 2 N–H and O–H groups in total. The maximum Gasteiger partial charge on any atom is 0.191 e. The van der Waals surface area contributed by atoms with Gasteiger partial charge in [-0.15, -0.1) is 21.5 Å². The van der Waals surface area contributed by atoms with E-state index in [4.69, 9.17) is 4.99 Å². The van der Waals surface area contributed by atoms with Gasteiger partial charge in [-0.3, -0.25) is 0 Å². The number of rotatable bonds is 6. The Labute approximate surface area is 160 Å². The summed E-state index contributed by atoms with van der Waals surface area (Å²) in [5.41, 5.74) is 0.240. The fourth-order valence-electron chi connectivity index (χ4n) is 3.65. The predicted octanol–water partition coefficient (Wildman–Crippen LogP) is 3.14. The van der Waals surface area contributed by atoms with Crippen LogP contribution in [-0.2, 0) is 19.0 Å². The summed E-state index contributed by atoms with van der Waals surface area (Å²) in [6.45, 7) is 6.35. The lowest BCUT2D eigenvalue weighted by molar-refractivity contribution is 0.296. The molecule has 0 amide bonds. The molecule has 0 aliphatic heterocycles. The van der Waals surface area contributed by atoms with E-state index in [1.54, 1.807) is 0 Å². The van der Waals surface area contributed by atoms with Gasteiger partial charge in [-0.25, -0.2) is 4.99 Å². The maximum absolute atomic E-state index is 4.73. The van der Waals surface area contributed by atoms with E-state index in [0.717, 1.165) is 30.7 Å². The van der Waals surface area contributed by atoms with Gasteiger partial charge in [0, 0.05) is 30.4 Å². The van der Waals surface area contributed by atoms with E-state index in [1.807, 2.05) is 29.9 Å². The number of aryl methyl sites for hydroxylation is 1. The Balaban J connectivity index is 1.70. The number of nitrogens with one attached hydrogen (secondary N) is 2. The third kappa shape index (κ3) is 4.26. The second kappa shape index (κ2) is 8.66. The first kappa shape index (κ1) is 18.9. The molecule has 3 rings (SSSR count). The molecule has 0 unspecified atom stereocenters. The highest BCUT2D eigenvalue weighted by Crippen LogP contribution is 2.41. The molecule has 2 heterocycles. The van der Waals surface area contributed by atoms with E-state index in [-0.39, 0.29) is 5.41 Å². The van der Waals surface area contributed by atoms with Gasteiger partial charge in [0.25, 0.3) is 0 Å². The van der Waals surface area contributed by atoms with Gasteiger partial charge in [0.05, 0.1) is 0 Å². The second-order valence-corrected chi connectivity index (χ2v) is 8.04. The fraction of sp³-hybridized carbons (Fsp3) is 0.632. The number of guanidine groups is 1. The van der Waals surface area contributed by atoms with Crippen LogP contribution in [0.4, 0.5) is 0 Å². The summed E-state index contributed by atoms with van der Waals surface area (Å²) in [5.74, 6) is 2.65. The lowest BCUT2D eigenvalue weighted by atomic mass is 9.73. The van der Waals surface area contributed by atoms with Crippen molar-refractivity contribution in [2.75, 3.05) is 13.1 Å². The molecule has 6 nitrogen and oxygen atoms in total. The first-order valence-corrected chi connectivity index (χ1v) is 10.4. The number of hydrogen-bond acceptors (Lipinski definition) is 4. The van der Waals surface area contributed by atoms with Crippen molar-refractivity contribution < 1.29 is 0 Å². The van der Waals surface area contributed by atoms with Gasteiger partial charge in [0.15, 0.2) is 11.8 Å². The minimum Gasteiger partial charge on any atom is -0.357 e. The Hall–Kier alpha value is -1.89. The van der Waals surface area contributed by atoms with Gasteiger partial charge >= 0.3 is 0 Å². The Kier molecular flexibility index (Phi) is 6.29. The second-order valence-electron chi connectivity index (χ2n) is 7.09. The van der Waals surface area contributed by atoms with Gasteiger partial charge in [0.1, 0.15) is 12.4 Å².